The topological polar surface area (TPSA) is 512 Å². The zero-order valence-corrected chi connectivity index (χ0v) is 74.5. The highest BCUT2D eigenvalue weighted by atomic mass is 35.5. The molecular formula is C92H120Cl2N8O24S. The monoisotopic (exact) mass is 1820 g/mol. The smallest absolute Gasteiger partial charge is 0.246 e. The molecule has 16 rings (SSSR count). The van der Waals surface area contributed by atoms with Crippen LogP contribution in [0.5, 0.6) is 46.0 Å². The van der Waals surface area contributed by atoms with Gasteiger partial charge in [-0.05, 0) is 182 Å². The van der Waals surface area contributed by atoms with E-state index in [-0.39, 0.29) is 134 Å². The Kier molecular flexibility index (Phi) is 31.4. The molecule has 18 atom stereocenters. The fourth-order valence-corrected chi connectivity index (χ4v) is 21.5. The second kappa shape index (κ2) is 41.6. The Morgan fingerprint density at radius 1 is 0.677 bits per heavy atom. The quantitative estimate of drug-likeness (QED) is 0.0198. The van der Waals surface area contributed by atoms with Crippen molar-refractivity contribution in [1.29, 1.82) is 0 Å². The van der Waals surface area contributed by atoms with Gasteiger partial charge in [-0.15, -0.1) is 0 Å². The molecule has 32 nitrogen and oxygen atoms in total. The molecule has 692 valence electrons. The van der Waals surface area contributed by atoms with Gasteiger partial charge in [0.1, 0.15) is 83.4 Å². The number of sulfonamides is 1. The van der Waals surface area contributed by atoms with Gasteiger partial charge in [-0.2, -0.15) is 0 Å². The summed E-state index contributed by atoms with van der Waals surface area (Å²) in [5.74, 6) is -16.2. The molecular weight excluding hydrogens is 1700 g/mol. The number of nitrogens with two attached hydrogens (primary N) is 2. The third-order valence-electron chi connectivity index (χ3n) is 26.9. The number of aliphatic hydroxyl groups is 5. The maximum atomic E-state index is 16.7. The highest BCUT2D eigenvalue weighted by molar-refractivity contribution is 7.89. The Hall–Kier alpha value is -8.65. The number of phenolic OH excluding ortho intramolecular Hbond substituents is 3. The van der Waals surface area contributed by atoms with E-state index in [1.807, 2.05) is 20.8 Å². The number of carbonyl (C=O) groups excluding carboxylic acids is 8. The molecule has 11 aliphatic rings. The Balaban J connectivity index is 0.985. The van der Waals surface area contributed by atoms with Crippen LogP contribution in [0.2, 0.25) is 10.0 Å². The summed E-state index contributed by atoms with van der Waals surface area (Å²) in [5.41, 5.74) is 10.6. The lowest BCUT2D eigenvalue weighted by molar-refractivity contribution is -0.328. The number of ketones is 3. The van der Waals surface area contributed by atoms with Gasteiger partial charge in [0.05, 0.1) is 45.9 Å². The molecule has 5 amide bonds. The molecule has 7 heterocycles. The number of carbonyl (C=O) groups is 8. The van der Waals surface area contributed by atoms with Gasteiger partial charge in [0.2, 0.25) is 51.6 Å². The number of benzene rings is 5. The summed E-state index contributed by atoms with van der Waals surface area (Å²) < 4.78 is 68.5. The summed E-state index contributed by atoms with van der Waals surface area (Å²) in [6, 6.07) is 5.94. The number of halogens is 2. The summed E-state index contributed by atoms with van der Waals surface area (Å²) in [4.78, 5) is 124. The fraction of sp³-hybridized carbons (Fsp3) is 0.587. The molecule has 0 unspecified atom stereocenters. The Morgan fingerprint density at radius 2 is 1.31 bits per heavy atom. The van der Waals surface area contributed by atoms with E-state index in [0.29, 0.717) is 31.1 Å². The molecule has 18 N–H and O–H groups in total. The van der Waals surface area contributed by atoms with Crippen molar-refractivity contribution in [2.75, 3.05) is 25.4 Å². The van der Waals surface area contributed by atoms with Gasteiger partial charge in [-0.1, -0.05) is 115 Å². The minimum absolute atomic E-state index is 0.0181. The molecule has 127 heavy (non-hydrogen) atoms. The first-order chi connectivity index (χ1) is 60.5. The first kappa shape index (κ1) is 95.9. The second-order valence-corrected chi connectivity index (χ2v) is 39.1. The number of unbranched alkanes of at least 4 members (excludes halogenated alkanes) is 6. The van der Waals surface area contributed by atoms with Crippen LogP contribution in [0.25, 0.3) is 11.1 Å². The van der Waals surface area contributed by atoms with Crippen molar-refractivity contribution in [2.24, 2.45) is 64.7 Å². The largest absolute Gasteiger partial charge is 0.507 e. The number of primary amides is 1. The summed E-state index contributed by atoms with van der Waals surface area (Å²) >= 11 is 14.6. The van der Waals surface area contributed by atoms with E-state index in [4.69, 9.17) is 63.1 Å². The molecule has 0 spiro atoms. The number of aromatic hydroxyl groups is 3. The van der Waals surface area contributed by atoms with Gasteiger partial charge in [-0.3, -0.25) is 38.4 Å². The van der Waals surface area contributed by atoms with E-state index in [1.54, 1.807) is 13.8 Å². The Bertz CT molecular complexity index is 4960. The van der Waals surface area contributed by atoms with Gasteiger partial charge < -0.3 is 107 Å². The van der Waals surface area contributed by atoms with E-state index in [9.17, 15) is 58.9 Å². The highest BCUT2D eigenvalue weighted by Gasteiger charge is 2.53. The number of aliphatic hydroxyl groups excluding tert-OH is 5. The minimum atomic E-state index is -3.73. The lowest BCUT2D eigenvalue weighted by Gasteiger charge is -2.54. The molecule has 6 fully saturated rings. The standard InChI is InChI=1S/C92H120Cl2N8O24S/c1-7-9-10-11-12-13-14-23-127(119,120)98-22-21-97-41-60-65(105)39-59-76(83(60)112)58-30-49(15-18-64(58)104)57-38-67(107)77-54-34-71(122-69-19-16-50(31-61(69)93)81(110)79(101-88(115)48(8-2)24-43(3)4)66(106)33-55(36-74(96)109)89(116)99-77)86(126-92-87(85(114)84(113)73(42-103)124-92)125-75-40-63(95)44(5)45(6)121-75)72(35-54)123-70-20-17-51(32-62(70)94)82(111)80(102-90(57)117)91(118)100-78(59)68(108)37-56-52-26-46-25-47(28-52)29-53(56)27-46/h15-20,30-32,34-35,39,43-48,52-53,55-57,63,73,75,77-82,84-85,87,92,97-98,103-105,110-114H,7-14,21-29,33,36-38,40-42,95H2,1-6H3,(H2,96,109)(H,99,116)(H,100,118)(H,101,115)(H,102,117)/t44-,45+,46?,47?,48-,52?,53?,55+,56?,57-,63+,73-,75+,77-,78+,79+,80+,81-,82-,84-,85+,87-,92+/m1/s1. The van der Waals surface area contributed by atoms with Crippen molar-refractivity contribution in [1.82, 2.24) is 31.3 Å². The Morgan fingerprint density at radius 3 is 1.93 bits per heavy atom. The van der Waals surface area contributed by atoms with Gasteiger partial charge in [0.25, 0.3) is 0 Å². The minimum Gasteiger partial charge on any atom is -0.507 e. The van der Waals surface area contributed by atoms with Crippen molar-refractivity contribution in [3.63, 3.8) is 0 Å². The second-order valence-electron chi connectivity index (χ2n) is 36.4. The van der Waals surface area contributed by atoms with Crippen LogP contribution in [-0.2, 0) is 69.1 Å². The summed E-state index contributed by atoms with van der Waals surface area (Å²) in [7, 11) is -3.73. The normalized spacial score (nSPS) is 29.9. The van der Waals surface area contributed by atoms with Crippen LogP contribution in [0.15, 0.2) is 72.8 Å². The third kappa shape index (κ3) is 22.2. The van der Waals surface area contributed by atoms with Crippen molar-refractivity contribution >= 4 is 80.1 Å². The average Bonchev–Trinajstić information content (AvgIpc) is 0.753. The number of amides is 5. The van der Waals surface area contributed by atoms with Crippen LogP contribution in [-0.4, -0.2) is 183 Å². The van der Waals surface area contributed by atoms with Crippen LogP contribution in [0.1, 0.15) is 227 Å². The van der Waals surface area contributed by atoms with E-state index < -0.39 is 221 Å². The number of rotatable bonds is 29. The first-order valence-electron chi connectivity index (χ1n) is 44.5. The predicted molar refractivity (Wildman–Crippen MR) is 465 cm³/mol. The van der Waals surface area contributed by atoms with E-state index in [2.05, 4.69) is 38.2 Å². The SMILES string of the molecule is CCCCCCCCCS(=O)(=O)NCCNCc1c(O)cc2c(c1O)-c1cc(ccc1O)[C@H]1CC(=O)[C@@H]3NC(=O)[C@H](CC(N)=O)CC(=O)[C@H](NC(=O)[C@H](CC)CC(C)C)[C@H](O)c4ccc(c(Cl)c4)Oc4cc3cc(c4O[C@@H]3O[C@H](CO)[C@@H](O)[C@H](O)[C@H]3O[C@H]3C[C@H](N)[C@H](C)[C@H](C)O3)Oc3ccc(cc3Cl)[C@@H](O)[C@H](NC1=O)C(=O)N[C@@H]2C(=O)CC1C2CC3CC(C2)CC1C3. The van der Waals surface area contributed by atoms with Gasteiger partial charge in [-0.25, -0.2) is 13.1 Å². The number of hydrogen-bond donors (Lipinski definition) is 16. The number of hydrogen-bond acceptors (Lipinski definition) is 26. The molecule has 0 radical (unpaired) electrons. The predicted octanol–water partition coefficient (Wildman–Crippen LogP) is 9.11. The lowest BCUT2D eigenvalue weighted by atomic mass is 9.51. The molecule has 2 saturated heterocycles. The number of nitrogens with one attached hydrogen (secondary N) is 6. The molecule has 5 aromatic rings. The zero-order chi connectivity index (χ0) is 91.3. The van der Waals surface area contributed by atoms with E-state index in [1.165, 1.54) is 48.5 Å². The van der Waals surface area contributed by atoms with Crippen LogP contribution in [0.4, 0.5) is 0 Å². The Labute approximate surface area is 748 Å². The number of ether oxygens (including phenoxy) is 6. The summed E-state index contributed by atoms with van der Waals surface area (Å²) in [6.45, 7) is 9.82. The maximum absolute atomic E-state index is 16.7. The summed E-state index contributed by atoms with van der Waals surface area (Å²) in [5, 5.41) is 111. The van der Waals surface area contributed by atoms with Crippen molar-refractivity contribution < 1.29 is 116 Å². The van der Waals surface area contributed by atoms with Crippen molar-refractivity contribution in [3.05, 3.63) is 116 Å². The molecule has 35 heteroatoms. The van der Waals surface area contributed by atoms with Gasteiger partial charge >= 0.3 is 0 Å². The lowest BCUT2D eigenvalue weighted by Crippen LogP contribution is -2.62. The average molecular weight is 1820 g/mol. The number of phenols is 3. The van der Waals surface area contributed by atoms with Gasteiger partial charge in [0, 0.05) is 74.8 Å². The molecule has 15 bridgehead atoms. The van der Waals surface area contributed by atoms with Crippen LogP contribution in [0.3, 0.4) is 0 Å². The van der Waals surface area contributed by atoms with E-state index in [0.717, 1.165) is 94.9 Å². The third-order valence-corrected chi connectivity index (χ3v) is 29.0. The molecule has 4 aliphatic carbocycles. The van der Waals surface area contributed by atoms with Crippen LogP contribution >= 0.6 is 23.2 Å². The zero-order valence-electron chi connectivity index (χ0n) is 72.2. The summed E-state index contributed by atoms with van der Waals surface area (Å²) in [6.07, 6.45) is -6.46. The van der Waals surface area contributed by atoms with E-state index >= 15 is 28.8 Å². The van der Waals surface area contributed by atoms with Gasteiger partial charge in [0.15, 0.2) is 41.2 Å². The molecule has 0 aromatic heterocycles. The van der Waals surface area contributed by atoms with Crippen LogP contribution in [0, 0.1) is 53.3 Å². The highest BCUT2D eigenvalue weighted by Crippen LogP contribution is 2.59. The van der Waals surface area contributed by atoms with Crippen molar-refractivity contribution in [3.8, 4) is 57.1 Å². The number of Topliss-reactive ketones (excluding diaryl/α,β-unsaturated/α-hetero) is 3. The maximum Gasteiger partial charge on any atom is 0.246 e. The van der Waals surface area contributed by atoms with Crippen molar-refractivity contribution in [2.45, 2.75) is 262 Å². The molecule has 4 saturated carbocycles. The molecule has 5 aromatic carbocycles. The first-order valence-corrected chi connectivity index (χ1v) is 46.9. The van der Waals surface area contributed by atoms with Crippen LogP contribution < -0.4 is 57.0 Å². The molecule has 7 aliphatic heterocycles. The fourth-order valence-electron chi connectivity index (χ4n) is 19.9. The number of fused-ring (bicyclic) bond motifs is 15.